The molecule has 1 aliphatic rings. The lowest BCUT2D eigenvalue weighted by Crippen LogP contribution is -2.29. The summed E-state index contributed by atoms with van der Waals surface area (Å²) in [6, 6.07) is 5.77. The Bertz CT molecular complexity index is 363. The quantitative estimate of drug-likeness (QED) is 0.773. The van der Waals surface area contributed by atoms with Gasteiger partial charge in [-0.2, -0.15) is 0 Å². The number of hydrogen-bond acceptors (Lipinski definition) is 2. The molecule has 0 radical (unpaired) electrons. The lowest BCUT2D eigenvalue weighted by atomic mass is 9.96. The minimum Gasteiger partial charge on any atom is -0.480 e. The van der Waals surface area contributed by atoms with Gasteiger partial charge in [-0.05, 0) is 30.0 Å². The van der Waals surface area contributed by atoms with Crippen molar-refractivity contribution < 1.29 is 14.3 Å². The Morgan fingerprint density at radius 3 is 2.60 bits per heavy atom. The number of benzene rings is 1. The molecule has 15 heavy (non-hydrogen) atoms. The maximum absolute atomic E-state index is 12.7. The second-order valence-electron chi connectivity index (χ2n) is 3.78. The lowest BCUT2D eigenvalue weighted by Gasteiger charge is -2.08. The summed E-state index contributed by atoms with van der Waals surface area (Å²) in [5.41, 5.74) is 0.993. The predicted molar refractivity (Wildman–Crippen MR) is 53.2 cm³/mol. The van der Waals surface area contributed by atoms with Gasteiger partial charge in [0.1, 0.15) is 11.9 Å². The number of carboxylic acid groups (broad SMARTS) is 1. The molecule has 0 amide bonds. The van der Waals surface area contributed by atoms with E-state index in [0.29, 0.717) is 13.0 Å². The topological polar surface area (TPSA) is 49.3 Å². The Morgan fingerprint density at radius 2 is 2.07 bits per heavy atom. The van der Waals surface area contributed by atoms with Gasteiger partial charge in [0, 0.05) is 6.54 Å². The Labute approximate surface area is 86.9 Å². The Balaban J connectivity index is 2.07. The van der Waals surface area contributed by atoms with Crippen LogP contribution in [0.5, 0.6) is 0 Å². The van der Waals surface area contributed by atoms with Gasteiger partial charge in [-0.25, -0.2) is 4.39 Å². The lowest BCUT2D eigenvalue weighted by molar-refractivity contribution is -0.139. The van der Waals surface area contributed by atoms with Gasteiger partial charge in [-0.3, -0.25) is 4.79 Å². The molecule has 2 N–H and O–H groups in total. The minimum atomic E-state index is -0.820. The molecule has 0 spiro atoms. The minimum absolute atomic E-state index is 0.173. The number of carbonyl (C=O) groups is 1. The normalized spacial score (nSPS) is 25.4. The molecule has 0 saturated carbocycles. The van der Waals surface area contributed by atoms with Crippen LogP contribution in [0.1, 0.15) is 17.9 Å². The van der Waals surface area contributed by atoms with Crippen LogP contribution in [0.3, 0.4) is 0 Å². The van der Waals surface area contributed by atoms with Crippen molar-refractivity contribution in [2.24, 2.45) is 0 Å². The highest BCUT2D eigenvalue weighted by atomic mass is 19.1. The largest absolute Gasteiger partial charge is 0.480 e. The molecule has 2 atom stereocenters. The molecule has 0 unspecified atom stereocenters. The van der Waals surface area contributed by atoms with Gasteiger partial charge in [0.25, 0.3) is 0 Å². The summed E-state index contributed by atoms with van der Waals surface area (Å²) in [5.74, 6) is -0.911. The van der Waals surface area contributed by atoms with Crippen molar-refractivity contribution in [3.63, 3.8) is 0 Å². The van der Waals surface area contributed by atoms with E-state index < -0.39 is 12.0 Å². The fourth-order valence-corrected chi connectivity index (χ4v) is 1.91. The first kappa shape index (κ1) is 10.1. The van der Waals surface area contributed by atoms with Crippen LogP contribution in [-0.2, 0) is 4.79 Å². The molecule has 2 rings (SSSR count). The molecule has 1 aromatic carbocycles. The van der Waals surface area contributed by atoms with Gasteiger partial charge in [0.05, 0.1) is 0 Å². The van der Waals surface area contributed by atoms with Crippen molar-refractivity contribution in [1.82, 2.24) is 5.32 Å². The number of nitrogens with one attached hydrogen (secondary N) is 1. The van der Waals surface area contributed by atoms with Gasteiger partial charge in [0.15, 0.2) is 0 Å². The van der Waals surface area contributed by atoms with Crippen LogP contribution in [-0.4, -0.2) is 23.7 Å². The summed E-state index contributed by atoms with van der Waals surface area (Å²) in [6.07, 6.45) is 0.570. The first-order chi connectivity index (χ1) is 7.16. The second-order valence-corrected chi connectivity index (χ2v) is 3.78. The molecule has 1 heterocycles. The summed E-state index contributed by atoms with van der Waals surface area (Å²) in [4.78, 5) is 10.7. The smallest absolute Gasteiger partial charge is 0.320 e. The second kappa shape index (κ2) is 3.98. The summed E-state index contributed by atoms with van der Waals surface area (Å²) >= 11 is 0. The molecule has 1 fully saturated rings. The van der Waals surface area contributed by atoms with Gasteiger partial charge < -0.3 is 10.4 Å². The van der Waals surface area contributed by atoms with Crippen LogP contribution < -0.4 is 5.32 Å². The Morgan fingerprint density at radius 1 is 1.40 bits per heavy atom. The van der Waals surface area contributed by atoms with Crippen LogP contribution >= 0.6 is 0 Å². The van der Waals surface area contributed by atoms with Gasteiger partial charge >= 0.3 is 5.97 Å². The molecule has 0 bridgehead atoms. The first-order valence-electron chi connectivity index (χ1n) is 4.88. The molecule has 1 aromatic rings. The van der Waals surface area contributed by atoms with Crippen molar-refractivity contribution >= 4 is 5.97 Å². The zero-order valence-corrected chi connectivity index (χ0v) is 8.11. The SMILES string of the molecule is O=C(O)[C@@H]1C[C@@H](c2ccc(F)cc2)CN1. The van der Waals surface area contributed by atoms with Gasteiger partial charge in [0.2, 0.25) is 0 Å². The molecule has 1 saturated heterocycles. The number of halogens is 1. The molecule has 80 valence electrons. The van der Waals surface area contributed by atoms with E-state index in [1.807, 2.05) is 0 Å². The van der Waals surface area contributed by atoms with Crippen molar-refractivity contribution in [1.29, 1.82) is 0 Å². The highest BCUT2D eigenvalue weighted by Gasteiger charge is 2.29. The van der Waals surface area contributed by atoms with Gasteiger partial charge in [-0.1, -0.05) is 12.1 Å². The molecular formula is C11H12FNO2. The number of aliphatic carboxylic acids is 1. The maximum Gasteiger partial charge on any atom is 0.320 e. The van der Waals surface area contributed by atoms with Crippen molar-refractivity contribution in [2.45, 2.75) is 18.4 Å². The number of hydrogen-bond donors (Lipinski definition) is 2. The first-order valence-corrected chi connectivity index (χ1v) is 4.88. The zero-order chi connectivity index (χ0) is 10.8. The third kappa shape index (κ3) is 2.15. The maximum atomic E-state index is 12.7. The van der Waals surface area contributed by atoms with Crippen LogP contribution in [0.2, 0.25) is 0 Å². The van der Waals surface area contributed by atoms with E-state index in [2.05, 4.69) is 5.32 Å². The van der Waals surface area contributed by atoms with Gasteiger partial charge in [-0.15, -0.1) is 0 Å². The van der Waals surface area contributed by atoms with E-state index in [4.69, 9.17) is 5.11 Å². The van der Waals surface area contributed by atoms with Crippen molar-refractivity contribution in [2.75, 3.05) is 6.54 Å². The summed E-state index contributed by atoms with van der Waals surface area (Å²) < 4.78 is 12.7. The molecule has 1 aliphatic heterocycles. The summed E-state index contributed by atoms with van der Waals surface area (Å²) in [7, 11) is 0. The van der Waals surface area contributed by atoms with E-state index >= 15 is 0 Å². The third-order valence-electron chi connectivity index (χ3n) is 2.77. The van der Waals surface area contributed by atoms with E-state index in [0.717, 1.165) is 5.56 Å². The van der Waals surface area contributed by atoms with E-state index in [1.54, 1.807) is 12.1 Å². The molecular weight excluding hydrogens is 197 g/mol. The van der Waals surface area contributed by atoms with Crippen LogP contribution in [0.15, 0.2) is 24.3 Å². The molecule has 3 nitrogen and oxygen atoms in total. The average Bonchev–Trinajstić information content (AvgIpc) is 2.68. The zero-order valence-electron chi connectivity index (χ0n) is 8.11. The Kier molecular flexibility index (Phi) is 2.68. The fourth-order valence-electron chi connectivity index (χ4n) is 1.91. The highest BCUT2D eigenvalue weighted by Crippen LogP contribution is 2.25. The number of carboxylic acids is 1. The van der Waals surface area contributed by atoms with E-state index in [-0.39, 0.29) is 11.7 Å². The summed E-state index contributed by atoms with van der Waals surface area (Å²) in [6.45, 7) is 0.641. The monoisotopic (exact) mass is 209 g/mol. The summed E-state index contributed by atoms with van der Waals surface area (Å²) in [5, 5.41) is 11.7. The fraction of sp³-hybridized carbons (Fsp3) is 0.364. The molecule has 0 aliphatic carbocycles. The van der Waals surface area contributed by atoms with Crippen LogP contribution in [0, 0.1) is 5.82 Å². The third-order valence-corrected chi connectivity index (χ3v) is 2.77. The van der Waals surface area contributed by atoms with Crippen LogP contribution in [0.4, 0.5) is 4.39 Å². The van der Waals surface area contributed by atoms with Crippen molar-refractivity contribution in [3.8, 4) is 0 Å². The molecule has 0 aromatic heterocycles. The standard InChI is InChI=1S/C11H12FNO2/c12-9-3-1-7(2-4-9)8-5-10(11(14)15)13-6-8/h1-4,8,10,13H,5-6H2,(H,14,15)/t8-,10+/m1/s1. The number of rotatable bonds is 2. The predicted octanol–water partition coefficient (Wildman–Crippen LogP) is 1.36. The Hall–Kier alpha value is -1.42. The molecule has 4 heteroatoms. The average molecular weight is 209 g/mol. The highest BCUT2D eigenvalue weighted by molar-refractivity contribution is 5.74. The van der Waals surface area contributed by atoms with Crippen molar-refractivity contribution in [3.05, 3.63) is 35.6 Å². The van der Waals surface area contributed by atoms with E-state index in [9.17, 15) is 9.18 Å². The van der Waals surface area contributed by atoms with Crippen LogP contribution in [0.25, 0.3) is 0 Å². The van der Waals surface area contributed by atoms with E-state index in [1.165, 1.54) is 12.1 Å².